The van der Waals surface area contributed by atoms with Crippen molar-refractivity contribution in [3.05, 3.63) is 12.2 Å². The van der Waals surface area contributed by atoms with Crippen LogP contribution >= 0.6 is 0 Å². The predicted molar refractivity (Wildman–Crippen MR) is 132 cm³/mol. The summed E-state index contributed by atoms with van der Waals surface area (Å²) in [6.07, 6.45) is 12.2. The molecule has 0 saturated heterocycles. The van der Waals surface area contributed by atoms with Gasteiger partial charge < -0.3 is 10.2 Å². The van der Waals surface area contributed by atoms with E-state index in [1.165, 1.54) is 63.4 Å². The fourth-order valence-electron chi connectivity index (χ4n) is 11.5. The number of hydrogen-bond acceptors (Lipinski definition) is 2. The van der Waals surface area contributed by atoms with Crippen molar-refractivity contribution in [2.75, 3.05) is 6.61 Å². The van der Waals surface area contributed by atoms with Gasteiger partial charge in [-0.15, -0.1) is 0 Å². The van der Waals surface area contributed by atoms with Gasteiger partial charge >= 0.3 is 0 Å². The minimum absolute atomic E-state index is 0.0290. The normalized spacial score (nSPS) is 56.5. The fraction of sp³-hybridized carbons (Fsp3) is 0.933. The summed E-state index contributed by atoms with van der Waals surface area (Å²) in [5, 5.41) is 21.5. The molecule has 0 bridgehead atoms. The van der Waals surface area contributed by atoms with Crippen LogP contribution in [0.1, 0.15) is 106 Å². The van der Waals surface area contributed by atoms with Crippen LogP contribution in [0.3, 0.4) is 0 Å². The van der Waals surface area contributed by atoms with E-state index in [4.69, 9.17) is 0 Å². The first-order chi connectivity index (χ1) is 14.9. The van der Waals surface area contributed by atoms with Gasteiger partial charge in [0.1, 0.15) is 0 Å². The molecule has 0 aromatic carbocycles. The molecule has 0 radical (unpaired) electrons. The van der Waals surface area contributed by atoms with Crippen molar-refractivity contribution in [2.45, 2.75) is 112 Å². The molecular formula is C30H50O2. The van der Waals surface area contributed by atoms with E-state index in [-0.39, 0.29) is 16.9 Å². The first-order valence-electron chi connectivity index (χ1n) is 13.8. The van der Waals surface area contributed by atoms with Crippen LogP contribution in [0.4, 0.5) is 0 Å². The van der Waals surface area contributed by atoms with Gasteiger partial charge in [0, 0.05) is 6.61 Å². The van der Waals surface area contributed by atoms with E-state index in [9.17, 15) is 10.2 Å². The Kier molecular flexibility index (Phi) is 5.19. The Morgan fingerprint density at radius 3 is 2.19 bits per heavy atom. The maximum Gasteiger partial charge on any atom is 0.0594 e. The molecule has 5 aliphatic rings. The molecule has 10 atom stereocenters. The van der Waals surface area contributed by atoms with Crippen LogP contribution in [0, 0.1) is 56.7 Å². The third-order valence-corrected chi connectivity index (χ3v) is 13.5. The lowest BCUT2D eigenvalue weighted by Crippen LogP contribution is -2.66. The Bertz CT molecular complexity index is 786. The van der Waals surface area contributed by atoms with Crippen LogP contribution in [-0.2, 0) is 0 Å². The minimum atomic E-state index is -0.147. The number of fused-ring (bicyclic) bond motifs is 7. The standard InChI is InChI=1S/C30H50O2/c1-19(2)20-10-15-30(18-31)17-16-28(6)21(25(20)30)8-9-23-27(5)13-12-24(32)26(3,4)22(27)11-14-29(23,28)7/h20-25,31-32H,1,8-18H2,2-7H3/t20?,21?,22?,23?,24-,25?,27?,28?,29?,30?/m0/s1. The maximum atomic E-state index is 10.9. The first kappa shape index (κ1) is 23.4. The number of aliphatic hydroxyl groups is 2. The summed E-state index contributed by atoms with van der Waals surface area (Å²) in [6.45, 7) is 19.7. The molecule has 0 aliphatic heterocycles. The summed E-state index contributed by atoms with van der Waals surface area (Å²) in [7, 11) is 0. The van der Waals surface area contributed by atoms with Crippen molar-refractivity contribution in [3.8, 4) is 0 Å². The van der Waals surface area contributed by atoms with Gasteiger partial charge in [0.2, 0.25) is 0 Å². The van der Waals surface area contributed by atoms with Gasteiger partial charge in [-0.2, -0.15) is 0 Å². The zero-order valence-corrected chi connectivity index (χ0v) is 21.8. The minimum Gasteiger partial charge on any atom is -0.396 e. The lowest BCUT2D eigenvalue weighted by atomic mass is 9.32. The molecule has 5 aliphatic carbocycles. The highest BCUT2D eigenvalue weighted by Gasteiger charge is 2.70. The molecule has 5 fully saturated rings. The molecule has 5 rings (SSSR count). The molecule has 5 saturated carbocycles. The van der Waals surface area contributed by atoms with E-state index in [2.05, 4.69) is 48.1 Å². The topological polar surface area (TPSA) is 40.5 Å². The van der Waals surface area contributed by atoms with E-state index >= 15 is 0 Å². The van der Waals surface area contributed by atoms with Gasteiger partial charge in [0.25, 0.3) is 0 Å². The Hall–Kier alpha value is -0.340. The van der Waals surface area contributed by atoms with Crippen LogP contribution in [0.5, 0.6) is 0 Å². The molecule has 2 heteroatoms. The van der Waals surface area contributed by atoms with Crippen LogP contribution in [0.15, 0.2) is 12.2 Å². The molecule has 2 N–H and O–H groups in total. The Balaban J connectivity index is 1.55. The molecule has 182 valence electrons. The van der Waals surface area contributed by atoms with E-state index in [0.717, 1.165) is 18.3 Å². The third-order valence-electron chi connectivity index (χ3n) is 13.5. The lowest BCUT2D eigenvalue weighted by Gasteiger charge is -2.73. The van der Waals surface area contributed by atoms with Crippen molar-refractivity contribution in [3.63, 3.8) is 0 Å². The summed E-state index contributed by atoms with van der Waals surface area (Å²) < 4.78 is 0. The monoisotopic (exact) mass is 442 g/mol. The van der Waals surface area contributed by atoms with Crippen LogP contribution < -0.4 is 0 Å². The summed E-state index contributed by atoms with van der Waals surface area (Å²) >= 11 is 0. The summed E-state index contributed by atoms with van der Waals surface area (Å²) in [5.41, 5.74) is 2.60. The maximum absolute atomic E-state index is 10.9. The fourth-order valence-corrected chi connectivity index (χ4v) is 11.5. The molecule has 0 spiro atoms. The van der Waals surface area contributed by atoms with Gasteiger partial charge in [-0.3, -0.25) is 0 Å². The van der Waals surface area contributed by atoms with Crippen LogP contribution in [0.2, 0.25) is 0 Å². The summed E-state index contributed by atoms with van der Waals surface area (Å²) in [6, 6.07) is 0. The number of rotatable bonds is 2. The predicted octanol–water partition coefficient (Wildman–Crippen LogP) is 7.00. The molecule has 0 aromatic heterocycles. The van der Waals surface area contributed by atoms with Gasteiger partial charge in [-0.1, -0.05) is 46.8 Å². The Morgan fingerprint density at radius 1 is 0.812 bits per heavy atom. The average molecular weight is 443 g/mol. The SMILES string of the molecule is C=C(C)C1CCC2(CO)CCC3(C)C(CCC4C5(C)CC[C@H](O)C(C)(C)C5CCC43C)C12. The van der Waals surface area contributed by atoms with Gasteiger partial charge in [0.05, 0.1) is 6.10 Å². The average Bonchev–Trinajstić information content (AvgIpc) is 3.12. The summed E-state index contributed by atoms with van der Waals surface area (Å²) in [4.78, 5) is 0. The number of hydrogen-bond donors (Lipinski definition) is 2. The third kappa shape index (κ3) is 2.66. The highest BCUT2D eigenvalue weighted by molar-refractivity contribution is 5.21. The highest BCUT2D eigenvalue weighted by Crippen LogP contribution is 2.77. The highest BCUT2D eigenvalue weighted by atomic mass is 16.3. The first-order valence-corrected chi connectivity index (χ1v) is 13.8. The van der Waals surface area contributed by atoms with Gasteiger partial charge in [-0.05, 0) is 128 Å². The van der Waals surface area contributed by atoms with Gasteiger partial charge in [-0.25, -0.2) is 0 Å². The van der Waals surface area contributed by atoms with E-state index in [1.807, 2.05) is 0 Å². The van der Waals surface area contributed by atoms with Crippen molar-refractivity contribution >= 4 is 0 Å². The molecule has 0 heterocycles. The van der Waals surface area contributed by atoms with Crippen molar-refractivity contribution in [1.82, 2.24) is 0 Å². The van der Waals surface area contributed by atoms with Crippen molar-refractivity contribution in [1.29, 1.82) is 0 Å². The Labute approximate surface area is 197 Å². The Morgan fingerprint density at radius 2 is 1.53 bits per heavy atom. The van der Waals surface area contributed by atoms with E-state index < -0.39 is 0 Å². The number of aliphatic hydroxyl groups excluding tert-OH is 2. The zero-order chi connectivity index (χ0) is 23.3. The van der Waals surface area contributed by atoms with E-state index in [1.54, 1.807) is 0 Å². The van der Waals surface area contributed by atoms with Crippen LogP contribution in [0.25, 0.3) is 0 Å². The lowest BCUT2D eigenvalue weighted by molar-refractivity contribution is -0.249. The molecule has 0 amide bonds. The quantitative estimate of drug-likeness (QED) is 0.452. The van der Waals surface area contributed by atoms with Crippen molar-refractivity contribution < 1.29 is 10.2 Å². The second-order valence-electron chi connectivity index (χ2n) is 14.6. The number of allylic oxidation sites excluding steroid dienone is 1. The van der Waals surface area contributed by atoms with Gasteiger partial charge in [0.15, 0.2) is 0 Å². The second-order valence-corrected chi connectivity index (χ2v) is 14.6. The largest absolute Gasteiger partial charge is 0.396 e. The molecule has 0 aromatic rings. The summed E-state index contributed by atoms with van der Waals surface area (Å²) in [5.74, 6) is 3.33. The van der Waals surface area contributed by atoms with E-state index in [0.29, 0.717) is 40.6 Å². The zero-order valence-electron chi connectivity index (χ0n) is 21.8. The molecule has 9 unspecified atom stereocenters. The molecule has 2 nitrogen and oxygen atoms in total. The smallest absolute Gasteiger partial charge is 0.0594 e. The molecular weight excluding hydrogens is 392 g/mol. The second kappa shape index (κ2) is 7.09. The van der Waals surface area contributed by atoms with Crippen molar-refractivity contribution in [2.24, 2.45) is 56.7 Å². The molecule has 32 heavy (non-hydrogen) atoms. The van der Waals surface area contributed by atoms with Crippen LogP contribution in [-0.4, -0.2) is 22.9 Å².